The van der Waals surface area contributed by atoms with Crippen LogP contribution in [0.3, 0.4) is 0 Å². The zero-order valence-electron chi connectivity index (χ0n) is 14.2. The van der Waals surface area contributed by atoms with Crippen LogP contribution in [0.15, 0.2) is 60.8 Å². The van der Waals surface area contributed by atoms with Crippen molar-refractivity contribution in [1.82, 2.24) is 14.4 Å². The number of benzene rings is 1. The van der Waals surface area contributed by atoms with Crippen LogP contribution < -0.4 is 14.8 Å². The third-order valence-corrected chi connectivity index (χ3v) is 4.29. The van der Waals surface area contributed by atoms with Crippen molar-refractivity contribution in [1.29, 1.82) is 0 Å². The average molecular weight is 362 g/mol. The quantitative estimate of drug-likeness (QED) is 0.557. The highest BCUT2D eigenvalue weighted by Gasteiger charge is 2.17. The van der Waals surface area contributed by atoms with Crippen LogP contribution in [-0.4, -0.2) is 27.6 Å². The number of ether oxygens (including phenoxy) is 2. The number of imidazole rings is 1. The van der Waals surface area contributed by atoms with Gasteiger partial charge in [-0.05, 0) is 36.4 Å². The Kier molecular flexibility index (Phi) is 3.64. The Bertz CT molecular complexity index is 1140. The molecule has 4 aromatic rings. The predicted molar refractivity (Wildman–Crippen MR) is 99.1 cm³/mol. The third kappa shape index (κ3) is 2.83. The maximum absolute atomic E-state index is 13.7. The summed E-state index contributed by atoms with van der Waals surface area (Å²) in [6.07, 6.45) is 1.89. The van der Waals surface area contributed by atoms with E-state index in [-0.39, 0.29) is 0 Å². The molecule has 6 nitrogen and oxygen atoms in total. The van der Waals surface area contributed by atoms with Gasteiger partial charge in [-0.3, -0.25) is 4.40 Å². The van der Waals surface area contributed by atoms with Crippen molar-refractivity contribution >= 4 is 17.2 Å². The van der Waals surface area contributed by atoms with Gasteiger partial charge in [-0.1, -0.05) is 12.1 Å². The first-order chi connectivity index (χ1) is 13.3. The van der Waals surface area contributed by atoms with Crippen molar-refractivity contribution in [2.24, 2.45) is 0 Å². The summed E-state index contributed by atoms with van der Waals surface area (Å²) in [6.45, 7) is 1.06. The fraction of sp³-hybridized carbons (Fsp3) is 0.100. The molecule has 1 aliphatic rings. The van der Waals surface area contributed by atoms with Gasteiger partial charge in [-0.25, -0.2) is 9.97 Å². The summed E-state index contributed by atoms with van der Waals surface area (Å²) in [6, 6.07) is 16.0. The van der Waals surface area contributed by atoms with Crippen molar-refractivity contribution in [2.45, 2.75) is 0 Å². The van der Waals surface area contributed by atoms with Crippen LogP contribution in [0.2, 0.25) is 0 Å². The van der Waals surface area contributed by atoms with E-state index < -0.39 is 5.95 Å². The van der Waals surface area contributed by atoms with E-state index in [1.54, 1.807) is 12.1 Å². The maximum Gasteiger partial charge on any atom is 0.213 e. The molecule has 0 saturated carbocycles. The van der Waals surface area contributed by atoms with Gasteiger partial charge in [0.2, 0.25) is 5.95 Å². The number of fused-ring (bicyclic) bond motifs is 2. The van der Waals surface area contributed by atoms with Crippen LogP contribution in [0.25, 0.3) is 17.0 Å². The van der Waals surface area contributed by atoms with E-state index in [4.69, 9.17) is 9.47 Å². The molecule has 1 N–H and O–H groups in total. The Morgan fingerprint density at radius 3 is 2.70 bits per heavy atom. The number of rotatable bonds is 3. The number of aromatic nitrogens is 3. The molecule has 1 aliphatic heterocycles. The van der Waals surface area contributed by atoms with Gasteiger partial charge in [0.1, 0.15) is 30.4 Å². The van der Waals surface area contributed by atoms with Crippen molar-refractivity contribution in [3.05, 3.63) is 66.7 Å². The number of pyridine rings is 2. The average Bonchev–Trinajstić information content (AvgIpc) is 3.06. The molecule has 7 heteroatoms. The van der Waals surface area contributed by atoms with Crippen LogP contribution in [0.5, 0.6) is 11.5 Å². The summed E-state index contributed by atoms with van der Waals surface area (Å²) in [5.74, 6) is 1.55. The van der Waals surface area contributed by atoms with E-state index >= 15 is 0 Å². The highest BCUT2D eigenvalue weighted by molar-refractivity contribution is 5.78. The van der Waals surface area contributed by atoms with E-state index in [1.165, 1.54) is 6.07 Å². The molecular formula is C20H15FN4O2. The van der Waals surface area contributed by atoms with E-state index in [1.807, 2.05) is 47.0 Å². The Morgan fingerprint density at radius 1 is 0.926 bits per heavy atom. The molecule has 27 heavy (non-hydrogen) atoms. The summed E-state index contributed by atoms with van der Waals surface area (Å²) in [5, 5.41) is 3.37. The summed E-state index contributed by atoms with van der Waals surface area (Å²) < 4.78 is 26.8. The Labute approximate surface area is 154 Å². The van der Waals surface area contributed by atoms with Gasteiger partial charge in [0.05, 0.1) is 5.69 Å². The van der Waals surface area contributed by atoms with Crippen molar-refractivity contribution in [3.8, 4) is 22.9 Å². The molecular weight excluding hydrogens is 347 g/mol. The molecule has 0 fully saturated rings. The lowest BCUT2D eigenvalue weighted by Crippen LogP contribution is -2.15. The van der Waals surface area contributed by atoms with Gasteiger partial charge >= 0.3 is 0 Å². The number of nitrogens with one attached hydrogen (secondary N) is 1. The lowest BCUT2D eigenvalue weighted by atomic mass is 10.2. The molecule has 134 valence electrons. The fourth-order valence-electron chi connectivity index (χ4n) is 3.09. The first kappa shape index (κ1) is 15.6. The Hall–Kier alpha value is -3.61. The molecule has 0 unspecified atom stereocenters. The number of hydrogen-bond acceptors (Lipinski definition) is 5. The largest absolute Gasteiger partial charge is 0.486 e. The zero-order chi connectivity index (χ0) is 18.2. The second kappa shape index (κ2) is 6.28. The monoisotopic (exact) mass is 362 g/mol. The molecule has 0 aliphatic carbocycles. The molecule has 0 saturated heterocycles. The molecule has 1 aromatic carbocycles. The fourth-order valence-corrected chi connectivity index (χ4v) is 3.09. The second-order valence-corrected chi connectivity index (χ2v) is 6.07. The topological polar surface area (TPSA) is 60.7 Å². The SMILES string of the molecule is Fc1cccc(-c2nc3ccccn3c2Nc2ccc3c(c2)OCCO3)n1. The van der Waals surface area contributed by atoms with Gasteiger partial charge < -0.3 is 14.8 Å². The third-order valence-electron chi connectivity index (χ3n) is 4.29. The van der Waals surface area contributed by atoms with Crippen LogP contribution in [-0.2, 0) is 0 Å². The van der Waals surface area contributed by atoms with Crippen molar-refractivity contribution in [3.63, 3.8) is 0 Å². The summed E-state index contributed by atoms with van der Waals surface area (Å²) in [7, 11) is 0. The van der Waals surface area contributed by atoms with E-state index in [2.05, 4.69) is 15.3 Å². The molecule has 0 spiro atoms. The number of anilines is 2. The van der Waals surface area contributed by atoms with E-state index in [0.29, 0.717) is 36.2 Å². The van der Waals surface area contributed by atoms with E-state index in [0.717, 1.165) is 17.1 Å². The van der Waals surface area contributed by atoms with Crippen LogP contribution in [0, 0.1) is 5.95 Å². The lowest BCUT2D eigenvalue weighted by molar-refractivity contribution is 0.171. The molecule has 3 aromatic heterocycles. The summed E-state index contributed by atoms with van der Waals surface area (Å²) in [5.41, 5.74) is 2.57. The highest BCUT2D eigenvalue weighted by Crippen LogP contribution is 2.35. The molecule has 5 rings (SSSR count). The van der Waals surface area contributed by atoms with Crippen molar-refractivity contribution in [2.75, 3.05) is 18.5 Å². The van der Waals surface area contributed by atoms with Gasteiger partial charge in [0.25, 0.3) is 0 Å². The molecule has 0 amide bonds. The normalized spacial score (nSPS) is 12.9. The van der Waals surface area contributed by atoms with Crippen LogP contribution in [0.1, 0.15) is 0 Å². The Morgan fingerprint density at radius 2 is 1.81 bits per heavy atom. The predicted octanol–water partition coefficient (Wildman–Crippen LogP) is 4.05. The highest BCUT2D eigenvalue weighted by atomic mass is 19.1. The summed E-state index contributed by atoms with van der Waals surface area (Å²) in [4.78, 5) is 8.61. The Balaban J connectivity index is 1.62. The first-order valence-corrected chi connectivity index (χ1v) is 8.55. The van der Waals surface area contributed by atoms with Crippen LogP contribution >= 0.6 is 0 Å². The van der Waals surface area contributed by atoms with E-state index in [9.17, 15) is 4.39 Å². The maximum atomic E-state index is 13.7. The minimum atomic E-state index is -0.546. The van der Waals surface area contributed by atoms with Gasteiger partial charge in [-0.2, -0.15) is 4.39 Å². The number of nitrogens with zero attached hydrogens (tertiary/aromatic N) is 3. The van der Waals surface area contributed by atoms with Gasteiger partial charge in [0.15, 0.2) is 11.5 Å². The molecule has 0 radical (unpaired) electrons. The number of halogens is 1. The minimum absolute atomic E-state index is 0.457. The second-order valence-electron chi connectivity index (χ2n) is 6.07. The smallest absolute Gasteiger partial charge is 0.213 e. The van der Waals surface area contributed by atoms with Gasteiger partial charge in [-0.15, -0.1) is 0 Å². The van der Waals surface area contributed by atoms with Crippen LogP contribution in [0.4, 0.5) is 15.9 Å². The molecule has 4 heterocycles. The summed E-state index contributed by atoms with van der Waals surface area (Å²) >= 11 is 0. The zero-order valence-corrected chi connectivity index (χ0v) is 14.2. The van der Waals surface area contributed by atoms with Gasteiger partial charge in [0, 0.05) is 18.0 Å². The first-order valence-electron chi connectivity index (χ1n) is 8.55. The minimum Gasteiger partial charge on any atom is -0.486 e. The molecule has 0 bridgehead atoms. The lowest BCUT2D eigenvalue weighted by Gasteiger charge is -2.19. The standard InChI is InChI=1S/C20H15FN4O2/c21-17-5-3-4-14(23-17)19-20(25-9-2-1-6-18(25)24-19)22-13-7-8-15-16(12-13)27-11-10-26-15/h1-9,12,22H,10-11H2. The molecule has 0 atom stereocenters. The van der Waals surface area contributed by atoms with Crippen molar-refractivity contribution < 1.29 is 13.9 Å². The number of hydrogen-bond donors (Lipinski definition) is 1.